The minimum atomic E-state index is -8.44. The Labute approximate surface area is 155 Å². The van der Waals surface area contributed by atoms with Gasteiger partial charge in [-0.15, -0.1) is 0 Å². The number of alkyl halides is 15. The highest BCUT2D eigenvalue weighted by Gasteiger charge is 2.94. The minimum Gasteiger partial charge on any atom is -0.351 e. The van der Waals surface area contributed by atoms with Crippen LogP contribution in [0.4, 0.5) is 65.9 Å². The number of unbranched alkanes of at least 4 members (excludes halogenated alkanes) is 1. The van der Waals surface area contributed by atoms with Gasteiger partial charge in [0.25, 0.3) is 5.91 Å². The van der Waals surface area contributed by atoms with Gasteiger partial charge in [0.1, 0.15) is 0 Å². The Hall–Kier alpha value is -2.09. The molecular formula is C12H7F15N2O. The molecule has 0 atom stereocenters. The second kappa shape index (κ2) is 7.87. The lowest BCUT2D eigenvalue weighted by atomic mass is 9.91. The fourth-order valence-electron chi connectivity index (χ4n) is 1.59. The molecule has 0 aliphatic carbocycles. The summed E-state index contributed by atoms with van der Waals surface area (Å²) in [5.41, 5.74) is 0. The zero-order valence-corrected chi connectivity index (χ0v) is 13.6. The molecule has 0 aliphatic heterocycles. The van der Waals surface area contributed by atoms with Crippen LogP contribution < -0.4 is 5.32 Å². The molecule has 0 bridgehead atoms. The highest BCUT2D eigenvalue weighted by Crippen LogP contribution is 2.62. The van der Waals surface area contributed by atoms with Crippen molar-refractivity contribution in [3.05, 3.63) is 0 Å². The van der Waals surface area contributed by atoms with Crippen molar-refractivity contribution >= 4 is 5.91 Å². The van der Waals surface area contributed by atoms with Gasteiger partial charge in [0, 0.05) is 13.0 Å². The Morgan fingerprint density at radius 3 is 1.40 bits per heavy atom. The molecule has 1 N–H and O–H groups in total. The fourth-order valence-corrected chi connectivity index (χ4v) is 1.59. The average Bonchev–Trinajstić information content (AvgIpc) is 2.56. The van der Waals surface area contributed by atoms with E-state index in [9.17, 15) is 70.7 Å². The molecule has 0 saturated heterocycles. The van der Waals surface area contributed by atoms with Crippen LogP contribution in [-0.4, -0.2) is 54.2 Å². The maximum atomic E-state index is 13.4. The summed E-state index contributed by atoms with van der Waals surface area (Å²) < 4.78 is 193. The minimum absolute atomic E-state index is 0.519. The molecule has 30 heavy (non-hydrogen) atoms. The molecule has 1 amide bonds. The number of nitriles is 1. The Kier molecular flexibility index (Phi) is 7.32. The van der Waals surface area contributed by atoms with E-state index in [1.54, 1.807) is 0 Å². The largest absolute Gasteiger partial charge is 0.460 e. The topological polar surface area (TPSA) is 52.9 Å². The first-order valence-corrected chi connectivity index (χ1v) is 6.97. The van der Waals surface area contributed by atoms with Gasteiger partial charge in [-0.3, -0.25) is 4.79 Å². The molecule has 0 aromatic heterocycles. The van der Waals surface area contributed by atoms with Gasteiger partial charge in [0.15, 0.2) is 0 Å². The van der Waals surface area contributed by atoms with Gasteiger partial charge < -0.3 is 5.32 Å². The first kappa shape index (κ1) is 27.9. The summed E-state index contributed by atoms with van der Waals surface area (Å²) >= 11 is 0. The van der Waals surface area contributed by atoms with E-state index in [2.05, 4.69) is 0 Å². The van der Waals surface area contributed by atoms with E-state index < -0.39 is 67.0 Å². The van der Waals surface area contributed by atoms with Crippen molar-refractivity contribution in [1.29, 1.82) is 5.26 Å². The maximum absolute atomic E-state index is 13.4. The van der Waals surface area contributed by atoms with Crippen LogP contribution in [0.15, 0.2) is 0 Å². The SMILES string of the molecule is N#CCCCNC(=O)C(F)(F)C(F)(F)C(F)(F)C(F)(F)C(F)(F)C(F)(F)C(F)(F)F. The lowest BCUT2D eigenvalue weighted by molar-refractivity contribution is -0.449. The zero-order chi connectivity index (χ0) is 24.6. The van der Waals surface area contributed by atoms with Crippen LogP contribution in [0.1, 0.15) is 12.8 Å². The molecule has 0 unspecified atom stereocenters. The Balaban J connectivity index is 6.23. The van der Waals surface area contributed by atoms with E-state index in [-0.39, 0.29) is 0 Å². The van der Waals surface area contributed by atoms with Gasteiger partial charge >= 0.3 is 41.7 Å². The van der Waals surface area contributed by atoms with Crippen molar-refractivity contribution in [2.45, 2.75) is 54.6 Å². The van der Waals surface area contributed by atoms with Crippen molar-refractivity contribution in [2.75, 3.05) is 6.54 Å². The number of hydrogen-bond acceptors (Lipinski definition) is 2. The highest BCUT2D eigenvalue weighted by atomic mass is 19.4. The van der Waals surface area contributed by atoms with Gasteiger partial charge in [0.05, 0.1) is 6.07 Å². The first-order valence-electron chi connectivity index (χ1n) is 6.97. The molecule has 0 rings (SSSR count). The quantitative estimate of drug-likeness (QED) is 0.382. The number of nitrogens with one attached hydrogen (secondary N) is 1. The molecule has 0 aromatic carbocycles. The Morgan fingerprint density at radius 1 is 0.667 bits per heavy atom. The summed E-state index contributed by atoms with van der Waals surface area (Å²) in [6.45, 7) is -1.11. The van der Waals surface area contributed by atoms with Crippen LogP contribution >= 0.6 is 0 Å². The zero-order valence-electron chi connectivity index (χ0n) is 13.6. The number of halogens is 15. The standard InChI is InChI=1S/C12H7F15N2O/c13-6(14,5(30)29-4-2-1-3-28)7(15,16)8(17,18)9(19,20)10(21,22)11(23,24)12(25,26)27/h1-2,4H2,(H,29,30). The third-order valence-electron chi connectivity index (χ3n) is 3.36. The third-order valence-corrected chi connectivity index (χ3v) is 3.36. The van der Waals surface area contributed by atoms with E-state index in [4.69, 9.17) is 5.26 Å². The van der Waals surface area contributed by atoms with E-state index in [0.717, 1.165) is 5.32 Å². The summed E-state index contributed by atoms with van der Waals surface area (Å²) in [6, 6.07) is 1.35. The van der Waals surface area contributed by atoms with Crippen molar-refractivity contribution in [2.24, 2.45) is 0 Å². The molecule has 0 spiro atoms. The summed E-state index contributed by atoms with van der Waals surface area (Å²) in [4.78, 5) is 10.9. The van der Waals surface area contributed by atoms with E-state index >= 15 is 0 Å². The number of hydrogen-bond donors (Lipinski definition) is 1. The number of rotatable bonds is 9. The summed E-state index contributed by atoms with van der Waals surface area (Å²) in [7, 11) is 0. The van der Waals surface area contributed by atoms with Crippen molar-refractivity contribution in [3.63, 3.8) is 0 Å². The van der Waals surface area contributed by atoms with Crippen LogP contribution in [0.2, 0.25) is 0 Å². The van der Waals surface area contributed by atoms with E-state index in [1.807, 2.05) is 0 Å². The normalized spacial score (nSPS) is 15.0. The van der Waals surface area contributed by atoms with Crippen LogP contribution in [-0.2, 0) is 4.79 Å². The fraction of sp³-hybridized carbons (Fsp3) is 0.833. The first-order chi connectivity index (χ1) is 13.0. The lowest BCUT2D eigenvalue weighted by Gasteiger charge is -2.41. The predicted octanol–water partition coefficient (Wildman–Crippen LogP) is 4.78. The smallest absolute Gasteiger partial charge is 0.351 e. The van der Waals surface area contributed by atoms with Gasteiger partial charge in [-0.05, 0) is 6.42 Å². The van der Waals surface area contributed by atoms with Crippen molar-refractivity contribution in [3.8, 4) is 6.07 Å². The molecule has 0 radical (unpaired) electrons. The van der Waals surface area contributed by atoms with Gasteiger partial charge in [0.2, 0.25) is 0 Å². The number of carbonyl (C=O) groups is 1. The highest BCUT2D eigenvalue weighted by molar-refractivity contribution is 5.84. The summed E-state index contributed by atoms with van der Waals surface area (Å²) in [6.07, 6.45) is -8.77. The number of amides is 1. The molecule has 3 nitrogen and oxygen atoms in total. The molecule has 176 valence electrons. The Morgan fingerprint density at radius 2 is 1.03 bits per heavy atom. The molecule has 0 fully saturated rings. The van der Waals surface area contributed by atoms with Crippen LogP contribution in [0.3, 0.4) is 0 Å². The van der Waals surface area contributed by atoms with Gasteiger partial charge in [-0.1, -0.05) is 0 Å². The van der Waals surface area contributed by atoms with Gasteiger partial charge in [-0.25, -0.2) is 0 Å². The number of nitrogens with zero attached hydrogens (tertiary/aromatic N) is 1. The summed E-state index contributed by atoms with van der Waals surface area (Å²) in [5.74, 6) is -51.5. The lowest BCUT2D eigenvalue weighted by Crippen LogP contribution is -2.74. The van der Waals surface area contributed by atoms with Gasteiger partial charge in [-0.2, -0.15) is 71.1 Å². The second-order valence-electron chi connectivity index (χ2n) is 5.46. The molecular weight excluding hydrogens is 473 g/mol. The molecule has 18 heteroatoms. The predicted molar refractivity (Wildman–Crippen MR) is 63.6 cm³/mol. The molecule has 0 aliphatic rings. The maximum Gasteiger partial charge on any atom is 0.460 e. The van der Waals surface area contributed by atoms with E-state index in [0.29, 0.717) is 0 Å². The van der Waals surface area contributed by atoms with Crippen LogP contribution in [0, 0.1) is 11.3 Å². The summed E-state index contributed by atoms with van der Waals surface area (Å²) in [5, 5.41) is 8.86. The molecule has 0 aromatic rings. The third kappa shape index (κ3) is 3.94. The van der Waals surface area contributed by atoms with Crippen molar-refractivity contribution < 1.29 is 70.7 Å². The van der Waals surface area contributed by atoms with Crippen LogP contribution in [0.25, 0.3) is 0 Å². The number of carbonyl (C=O) groups excluding carboxylic acids is 1. The second-order valence-corrected chi connectivity index (χ2v) is 5.46. The van der Waals surface area contributed by atoms with Crippen LogP contribution in [0.5, 0.6) is 0 Å². The molecule has 0 heterocycles. The monoisotopic (exact) mass is 480 g/mol. The molecule has 0 saturated carbocycles. The Bertz CT molecular complexity index is 676. The van der Waals surface area contributed by atoms with E-state index in [1.165, 1.54) is 6.07 Å². The average molecular weight is 480 g/mol. The van der Waals surface area contributed by atoms with Crippen molar-refractivity contribution in [1.82, 2.24) is 5.32 Å².